The maximum atomic E-state index is 12.2. The van der Waals surface area contributed by atoms with Gasteiger partial charge in [0.1, 0.15) is 6.04 Å². The molecular weight excluding hydrogens is 310 g/mol. The third kappa shape index (κ3) is 3.56. The summed E-state index contributed by atoms with van der Waals surface area (Å²) in [5.41, 5.74) is 0.905. The standard InChI is InChI=1S/C14H16BrNO3/c15-11-6-4-10(5-7-11)9-13(17)16-8-2-1-3-12(16)14(18)19/h4-7,12H,1-3,8-9H2,(H,18,19). The van der Waals surface area contributed by atoms with Crippen LogP contribution in [0.4, 0.5) is 0 Å². The second kappa shape index (κ2) is 6.19. The van der Waals surface area contributed by atoms with Crippen molar-refractivity contribution >= 4 is 27.8 Å². The number of nitrogens with zero attached hydrogens (tertiary/aromatic N) is 1. The van der Waals surface area contributed by atoms with E-state index in [4.69, 9.17) is 5.11 Å². The topological polar surface area (TPSA) is 57.6 Å². The number of hydrogen-bond acceptors (Lipinski definition) is 2. The lowest BCUT2D eigenvalue weighted by molar-refractivity contribution is -0.151. The van der Waals surface area contributed by atoms with Crippen LogP contribution in [-0.4, -0.2) is 34.5 Å². The van der Waals surface area contributed by atoms with E-state index in [1.807, 2.05) is 24.3 Å². The SMILES string of the molecule is O=C(O)C1CCCCN1C(=O)Cc1ccc(Br)cc1. The van der Waals surface area contributed by atoms with Crippen molar-refractivity contribution in [3.63, 3.8) is 0 Å². The molecule has 19 heavy (non-hydrogen) atoms. The second-order valence-electron chi connectivity index (χ2n) is 4.74. The predicted octanol–water partition coefficient (Wildman–Crippen LogP) is 2.46. The summed E-state index contributed by atoms with van der Waals surface area (Å²) in [4.78, 5) is 24.9. The van der Waals surface area contributed by atoms with Crippen LogP contribution in [0.5, 0.6) is 0 Å². The fourth-order valence-corrected chi connectivity index (χ4v) is 2.63. The number of rotatable bonds is 3. The number of amides is 1. The van der Waals surface area contributed by atoms with Crippen molar-refractivity contribution in [3.05, 3.63) is 34.3 Å². The first kappa shape index (κ1) is 14.1. The smallest absolute Gasteiger partial charge is 0.326 e. The van der Waals surface area contributed by atoms with E-state index in [1.54, 1.807) is 0 Å². The van der Waals surface area contributed by atoms with Gasteiger partial charge in [-0.1, -0.05) is 28.1 Å². The Hall–Kier alpha value is -1.36. The van der Waals surface area contributed by atoms with Gasteiger partial charge in [0, 0.05) is 11.0 Å². The number of likely N-dealkylation sites (tertiary alicyclic amines) is 1. The van der Waals surface area contributed by atoms with Gasteiger partial charge < -0.3 is 10.0 Å². The van der Waals surface area contributed by atoms with Gasteiger partial charge in [0.2, 0.25) is 5.91 Å². The van der Waals surface area contributed by atoms with E-state index in [2.05, 4.69) is 15.9 Å². The Kier molecular flexibility index (Phi) is 4.58. The molecule has 1 saturated heterocycles. The number of aliphatic carboxylic acids is 1. The summed E-state index contributed by atoms with van der Waals surface area (Å²) in [6.07, 6.45) is 2.58. The lowest BCUT2D eigenvalue weighted by atomic mass is 10.0. The Bertz CT molecular complexity index is 472. The molecule has 1 fully saturated rings. The Balaban J connectivity index is 2.05. The molecule has 0 aliphatic carbocycles. The number of benzene rings is 1. The van der Waals surface area contributed by atoms with Gasteiger partial charge in [-0.05, 0) is 37.0 Å². The average molecular weight is 326 g/mol. The summed E-state index contributed by atoms with van der Waals surface area (Å²) < 4.78 is 0.963. The molecule has 1 aromatic rings. The number of piperidine rings is 1. The zero-order chi connectivity index (χ0) is 13.8. The summed E-state index contributed by atoms with van der Waals surface area (Å²) in [5.74, 6) is -1.00. The first-order valence-corrected chi connectivity index (χ1v) is 7.14. The summed E-state index contributed by atoms with van der Waals surface area (Å²) >= 11 is 3.34. The van der Waals surface area contributed by atoms with Crippen LogP contribution in [0.2, 0.25) is 0 Å². The van der Waals surface area contributed by atoms with Crippen molar-refractivity contribution in [1.29, 1.82) is 0 Å². The maximum Gasteiger partial charge on any atom is 0.326 e. The van der Waals surface area contributed by atoms with E-state index in [0.29, 0.717) is 13.0 Å². The molecule has 0 spiro atoms. The number of carboxylic acid groups (broad SMARTS) is 1. The fourth-order valence-electron chi connectivity index (χ4n) is 2.37. The number of carboxylic acids is 1. The monoisotopic (exact) mass is 325 g/mol. The van der Waals surface area contributed by atoms with Gasteiger partial charge in [-0.2, -0.15) is 0 Å². The van der Waals surface area contributed by atoms with Crippen LogP contribution in [0.15, 0.2) is 28.7 Å². The first-order valence-electron chi connectivity index (χ1n) is 6.34. The molecule has 4 nitrogen and oxygen atoms in total. The Morgan fingerprint density at radius 2 is 1.95 bits per heavy atom. The van der Waals surface area contributed by atoms with E-state index < -0.39 is 12.0 Å². The van der Waals surface area contributed by atoms with Gasteiger partial charge in [-0.15, -0.1) is 0 Å². The maximum absolute atomic E-state index is 12.2. The van der Waals surface area contributed by atoms with Crippen LogP contribution in [0.25, 0.3) is 0 Å². The number of carbonyl (C=O) groups is 2. The Morgan fingerprint density at radius 1 is 1.26 bits per heavy atom. The molecule has 1 amide bonds. The van der Waals surface area contributed by atoms with Crippen LogP contribution >= 0.6 is 15.9 Å². The molecule has 0 aromatic heterocycles. The quantitative estimate of drug-likeness (QED) is 0.928. The molecule has 1 unspecified atom stereocenters. The molecule has 0 bridgehead atoms. The minimum atomic E-state index is -0.899. The highest BCUT2D eigenvalue weighted by Crippen LogP contribution is 2.19. The van der Waals surface area contributed by atoms with Crippen molar-refractivity contribution < 1.29 is 14.7 Å². The Morgan fingerprint density at radius 3 is 2.58 bits per heavy atom. The molecular formula is C14H16BrNO3. The molecule has 1 aromatic carbocycles. The largest absolute Gasteiger partial charge is 0.480 e. The van der Waals surface area contributed by atoms with E-state index in [1.165, 1.54) is 4.90 Å². The van der Waals surface area contributed by atoms with E-state index in [0.717, 1.165) is 22.9 Å². The third-order valence-electron chi connectivity index (χ3n) is 3.38. The molecule has 0 radical (unpaired) electrons. The number of halogens is 1. The van der Waals surface area contributed by atoms with Crippen LogP contribution in [-0.2, 0) is 16.0 Å². The summed E-state index contributed by atoms with van der Waals surface area (Å²) in [5, 5.41) is 9.16. The highest BCUT2D eigenvalue weighted by molar-refractivity contribution is 9.10. The van der Waals surface area contributed by atoms with Crippen LogP contribution in [0.1, 0.15) is 24.8 Å². The molecule has 1 aliphatic rings. The summed E-state index contributed by atoms with van der Waals surface area (Å²) in [7, 11) is 0. The van der Waals surface area contributed by atoms with E-state index in [-0.39, 0.29) is 12.3 Å². The van der Waals surface area contributed by atoms with Crippen LogP contribution in [0.3, 0.4) is 0 Å². The van der Waals surface area contributed by atoms with Gasteiger partial charge in [0.15, 0.2) is 0 Å². The molecule has 1 heterocycles. The number of carbonyl (C=O) groups excluding carboxylic acids is 1. The van der Waals surface area contributed by atoms with E-state index >= 15 is 0 Å². The summed E-state index contributed by atoms with van der Waals surface area (Å²) in [6, 6.07) is 6.86. The normalized spacial score (nSPS) is 19.2. The van der Waals surface area contributed by atoms with Crippen molar-refractivity contribution in [1.82, 2.24) is 4.90 Å². The third-order valence-corrected chi connectivity index (χ3v) is 3.91. The lowest BCUT2D eigenvalue weighted by Crippen LogP contribution is -2.48. The molecule has 102 valence electrons. The average Bonchev–Trinajstić information content (AvgIpc) is 2.41. The van der Waals surface area contributed by atoms with Gasteiger partial charge in [0.25, 0.3) is 0 Å². The van der Waals surface area contributed by atoms with E-state index in [9.17, 15) is 9.59 Å². The highest BCUT2D eigenvalue weighted by atomic mass is 79.9. The minimum absolute atomic E-state index is 0.102. The van der Waals surface area contributed by atoms with Crippen LogP contribution in [0, 0.1) is 0 Å². The highest BCUT2D eigenvalue weighted by Gasteiger charge is 2.31. The molecule has 2 rings (SSSR count). The Labute approximate surface area is 120 Å². The van der Waals surface area contributed by atoms with Gasteiger partial charge in [-0.25, -0.2) is 4.79 Å². The first-order chi connectivity index (χ1) is 9.08. The van der Waals surface area contributed by atoms with Crippen molar-refractivity contribution in [2.75, 3.05) is 6.54 Å². The summed E-state index contributed by atoms with van der Waals surface area (Å²) in [6.45, 7) is 0.548. The predicted molar refractivity (Wildman–Crippen MR) is 74.8 cm³/mol. The van der Waals surface area contributed by atoms with Gasteiger partial charge >= 0.3 is 5.97 Å². The molecule has 0 saturated carbocycles. The van der Waals surface area contributed by atoms with Gasteiger partial charge in [0.05, 0.1) is 6.42 Å². The van der Waals surface area contributed by atoms with Gasteiger partial charge in [-0.3, -0.25) is 4.79 Å². The zero-order valence-corrected chi connectivity index (χ0v) is 12.1. The van der Waals surface area contributed by atoms with Crippen LogP contribution < -0.4 is 0 Å². The molecule has 1 aliphatic heterocycles. The fraction of sp³-hybridized carbons (Fsp3) is 0.429. The van der Waals surface area contributed by atoms with Crippen molar-refractivity contribution in [2.24, 2.45) is 0 Å². The number of hydrogen-bond donors (Lipinski definition) is 1. The van der Waals surface area contributed by atoms with Crippen molar-refractivity contribution in [2.45, 2.75) is 31.7 Å². The molecule has 1 N–H and O–H groups in total. The second-order valence-corrected chi connectivity index (χ2v) is 5.66. The lowest BCUT2D eigenvalue weighted by Gasteiger charge is -2.33. The molecule has 5 heteroatoms. The van der Waals surface area contributed by atoms with Crippen molar-refractivity contribution in [3.8, 4) is 0 Å². The zero-order valence-electron chi connectivity index (χ0n) is 10.5. The molecule has 1 atom stereocenters. The minimum Gasteiger partial charge on any atom is -0.480 e.